The minimum atomic E-state index is -0.657. The molecule has 0 aromatic rings. The molecule has 86 valence electrons. The molecule has 0 fully saturated rings. The number of aliphatic hydroxyl groups excluding tert-OH is 1. The van der Waals surface area contributed by atoms with Crippen LogP contribution in [0.5, 0.6) is 0 Å². The van der Waals surface area contributed by atoms with E-state index in [0.717, 1.165) is 0 Å². The van der Waals surface area contributed by atoms with E-state index in [4.69, 9.17) is 5.11 Å². The Morgan fingerprint density at radius 3 is 2.47 bits per heavy atom. The molecule has 0 bridgehead atoms. The Hall–Kier alpha value is -1.56. The van der Waals surface area contributed by atoms with Gasteiger partial charge in [0, 0.05) is 12.1 Å². The Bertz CT molecular complexity index is 239. The van der Waals surface area contributed by atoms with Crippen LogP contribution in [-0.2, 0) is 14.3 Å². The highest BCUT2D eigenvalue weighted by molar-refractivity contribution is 5.86. The van der Waals surface area contributed by atoms with Crippen molar-refractivity contribution in [3.8, 4) is 0 Å². The van der Waals surface area contributed by atoms with Crippen LogP contribution in [0.4, 0.5) is 4.79 Å². The molecular weight excluding hydrogens is 202 g/mol. The van der Waals surface area contributed by atoms with Crippen LogP contribution in [0.2, 0.25) is 0 Å². The number of aliphatic hydroxyl groups is 1. The molecule has 0 spiro atoms. The van der Waals surface area contributed by atoms with Crippen molar-refractivity contribution in [1.29, 1.82) is 0 Å². The largest absolute Gasteiger partial charge is 0.459 e. The third-order valence-electron chi connectivity index (χ3n) is 1.28. The second kappa shape index (κ2) is 7.81. The third kappa shape index (κ3) is 7.51. The highest BCUT2D eigenvalue weighted by Gasteiger charge is 2.04. The van der Waals surface area contributed by atoms with E-state index in [1.165, 1.54) is 6.92 Å². The standard InChI is InChI=1S/C9H15NO5/c1-7(2)8(12)14-5-6-15-9(13)10-3-4-11/h11H,1,3-6H2,2H3,(H,10,13). The van der Waals surface area contributed by atoms with Gasteiger partial charge in [0.05, 0.1) is 6.61 Å². The van der Waals surface area contributed by atoms with Crippen LogP contribution in [0.25, 0.3) is 0 Å². The lowest BCUT2D eigenvalue weighted by Gasteiger charge is -2.06. The van der Waals surface area contributed by atoms with E-state index in [1.807, 2.05) is 0 Å². The van der Waals surface area contributed by atoms with Gasteiger partial charge in [0.15, 0.2) is 0 Å². The Labute approximate surface area is 87.9 Å². The van der Waals surface area contributed by atoms with Gasteiger partial charge in [0.1, 0.15) is 13.2 Å². The number of hydrogen-bond acceptors (Lipinski definition) is 5. The van der Waals surface area contributed by atoms with E-state index in [2.05, 4.69) is 21.4 Å². The molecule has 0 aliphatic carbocycles. The zero-order valence-corrected chi connectivity index (χ0v) is 8.62. The Morgan fingerprint density at radius 1 is 1.33 bits per heavy atom. The summed E-state index contributed by atoms with van der Waals surface area (Å²) in [6, 6.07) is 0. The van der Waals surface area contributed by atoms with Crippen molar-refractivity contribution >= 4 is 12.1 Å². The molecule has 0 aromatic carbocycles. The van der Waals surface area contributed by atoms with Gasteiger partial charge in [-0.1, -0.05) is 6.58 Å². The first-order valence-electron chi connectivity index (χ1n) is 4.42. The summed E-state index contributed by atoms with van der Waals surface area (Å²) >= 11 is 0. The summed E-state index contributed by atoms with van der Waals surface area (Å²) in [7, 11) is 0. The van der Waals surface area contributed by atoms with Crippen LogP contribution in [0, 0.1) is 0 Å². The lowest BCUT2D eigenvalue weighted by molar-refractivity contribution is -0.139. The summed E-state index contributed by atoms with van der Waals surface area (Å²) in [5.41, 5.74) is 0.291. The predicted octanol–water partition coefficient (Wildman–Crippen LogP) is -0.176. The highest BCUT2D eigenvalue weighted by atomic mass is 16.6. The number of hydrogen-bond donors (Lipinski definition) is 2. The molecule has 0 saturated carbocycles. The van der Waals surface area contributed by atoms with Crippen LogP contribution in [0.15, 0.2) is 12.2 Å². The van der Waals surface area contributed by atoms with Gasteiger partial charge in [-0.05, 0) is 6.92 Å². The number of alkyl carbamates (subject to hydrolysis) is 1. The molecule has 0 radical (unpaired) electrons. The lowest BCUT2D eigenvalue weighted by atomic mass is 10.4. The molecule has 0 aliphatic heterocycles. The van der Waals surface area contributed by atoms with Crippen LogP contribution in [-0.4, -0.2) is 43.5 Å². The molecular formula is C9H15NO5. The summed E-state index contributed by atoms with van der Waals surface area (Å²) in [4.78, 5) is 21.6. The van der Waals surface area contributed by atoms with Gasteiger partial charge >= 0.3 is 12.1 Å². The Morgan fingerprint density at radius 2 is 1.93 bits per heavy atom. The van der Waals surface area contributed by atoms with Gasteiger partial charge < -0.3 is 19.9 Å². The number of ether oxygens (including phenoxy) is 2. The van der Waals surface area contributed by atoms with Crippen LogP contribution >= 0.6 is 0 Å². The summed E-state index contributed by atoms with van der Waals surface area (Å²) in [5, 5.41) is 10.6. The topological polar surface area (TPSA) is 84.9 Å². The van der Waals surface area contributed by atoms with Crippen molar-refractivity contribution in [1.82, 2.24) is 5.32 Å². The number of carbonyl (C=O) groups excluding carboxylic acids is 2. The molecule has 0 unspecified atom stereocenters. The summed E-state index contributed by atoms with van der Waals surface area (Å²) in [5.74, 6) is -0.519. The second-order valence-electron chi connectivity index (χ2n) is 2.70. The predicted molar refractivity (Wildman–Crippen MR) is 52.2 cm³/mol. The van der Waals surface area contributed by atoms with Crippen molar-refractivity contribution in [2.45, 2.75) is 6.92 Å². The number of nitrogens with one attached hydrogen (secondary N) is 1. The average Bonchev–Trinajstić information content (AvgIpc) is 2.20. The monoisotopic (exact) mass is 217 g/mol. The summed E-state index contributed by atoms with van der Waals surface area (Å²) in [6.45, 7) is 4.84. The molecule has 0 heterocycles. The first-order chi connectivity index (χ1) is 7.07. The van der Waals surface area contributed by atoms with E-state index >= 15 is 0 Å². The molecule has 2 N–H and O–H groups in total. The maximum absolute atomic E-state index is 10.8. The van der Waals surface area contributed by atoms with Crippen molar-refractivity contribution in [2.24, 2.45) is 0 Å². The van der Waals surface area contributed by atoms with Gasteiger partial charge in [-0.2, -0.15) is 0 Å². The van der Waals surface area contributed by atoms with Crippen molar-refractivity contribution in [2.75, 3.05) is 26.4 Å². The molecule has 1 amide bonds. The maximum Gasteiger partial charge on any atom is 0.407 e. The number of esters is 1. The average molecular weight is 217 g/mol. The minimum Gasteiger partial charge on any atom is -0.459 e. The van der Waals surface area contributed by atoms with Crippen molar-refractivity contribution < 1.29 is 24.2 Å². The Kier molecular flexibility index (Phi) is 7.00. The zero-order valence-electron chi connectivity index (χ0n) is 8.62. The van der Waals surface area contributed by atoms with Crippen LogP contribution < -0.4 is 5.32 Å². The minimum absolute atomic E-state index is 0.0156. The van der Waals surface area contributed by atoms with Gasteiger partial charge in [0.25, 0.3) is 0 Å². The number of rotatable bonds is 6. The van der Waals surface area contributed by atoms with E-state index < -0.39 is 12.1 Å². The molecule has 6 nitrogen and oxygen atoms in total. The molecule has 0 aliphatic rings. The van der Waals surface area contributed by atoms with E-state index in [1.54, 1.807) is 0 Å². The maximum atomic E-state index is 10.8. The SMILES string of the molecule is C=C(C)C(=O)OCCOC(=O)NCCO. The molecule has 0 aromatic heterocycles. The molecule has 0 atom stereocenters. The Balaban J connectivity index is 3.42. The fourth-order valence-corrected chi connectivity index (χ4v) is 0.601. The molecule has 15 heavy (non-hydrogen) atoms. The lowest BCUT2D eigenvalue weighted by Crippen LogP contribution is -2.28. The van der Waals surface area contributed by atoms with Gasteiger partial charge in [-0.25, -0.2) is 9.59 Å². The zero-order chi connectivity index (χ0) is 11.7. The molecule has 0 saturated heterocycles. The van der Waals surface area contributed by atoms with E-state index in [-0.39, 0.29) is 26.4 Å². The number of carbonyl (C=O) groups is 2. The highest BCUT2D eigenvalue weighted by Crippen LogP contribution is 1.91. The fraction of sp³-hybridized carbons (Fsp3) is 0.556. The second-order valence-corrected chi connectivity index (χ2v) is 2.70. The third-order valence-corrected chi connectivity index (χ3v) is 1.28. The first kappa shape index (κ1) is 13.4. The number of amides is 1. The molecule has 6 heteroatoms. The van der Waals surface area contributed by atoms with Crippen molar-refractivity contribution in [3.63, 3.8) is 0 Å². The molecule has 0 rings (SSSR count). The summed E-state index contributed by atoms with van der Waals surface area (Å²) < 4.78 is 9.27. The smallest absolute Gasteiger partial charge is 0.407 e. The first-order valence-corrected chi connectivity index (χ1v) is 4.42. The van der Waals surface area contributed by atoms with Gasteiger partial charge in [0.2, 0.25) is 0 Å². The quantitative estimate of drug-likeness (QED) is 0.366. The van der Waals surface area contributed by atoms with Gasteiger partial charge in [-0.3, -0.25) is 0 Å². The van der Waals surface area contributed by atoms with Crippen LogP contribution in [0.3, 0.4) is 0 Å². The van der Waals surface area contributed by atoms with Crippen LogP contribution in [0.1, 0.15) is 6.92 Å². The van der Waals surface area contributed by atoms with Gasteiger partial charge in [-0.15, -0.1) is 0 Å². The fourth-order valence-electron chi connectivity index (χ4n) is 0.601. The van der Waals surface area contributed by atoms with Crippen molar-refractivity contribution in [3.05, 3.63) is 12.2 Å². The normalized spacial score (nSPS) is 9.20. The summed E-state index contributed by atoms with van der Waals surface area (Å²) in [6.07, 6.45) is -0.657. The van der Waals surface area contributed by atoms with E-state index in [9.17, 15) is 9.59 Å². The van der Waals surface area contributed by atoms with E-state index in [0.29, 0.717) is 5.57 Å².